The second-order valence-electron chi connectivity index (χ2n) is 6.18. The van der Waals surface area contributed by atoms with E-state index in [-0.39, 0.29) is 0 Å². The van der Waals surface area contributed by atoms with Gasteiger partial charge in [-0.15, -0.1) is 0 Å². The van der Waals surface area contributed by atoms with Crippen molar-refractivity contribution in [3.63, 3.8) is 0 Å². The summed E-state index contributed by atoms with van der Waals surface area (Å²) >= 11 is 0. The molecule has 2 N–H and O–H groups in total. The molecule has 7 nitrogen and oxygen atoms in total. The van der Waals surface area contributed by atoms with Crippen LogP contribution in [0.15, 0.2) is 17.4 Å². The summed E-state index contributed by atoms with van der Waals surface area (Å²) in [5, 5.41) is 10.8. The van der Waals surface area contributed by atoms with Crippen molar-refractivity contribution in [2.24, 2.45) is 18.0 Å². The first kappa shape index (κ1) is 18.7. The molecule has 1 aliphatic heterocycles. The summed E-state index contributed by atoms with van der Waals surface area (Å²) in [6.07, 6.45) is 8.11. The van der Waals surface area contributed by atoms with Crippen LogP contribution in [0.5, 0.6) is 0 Å². The molecular formula is C17H31N5O2. The van der Waals surface area contributed by atoms with Gasteiger partial charge in [0.05, 0.1) is 6.20 Å². The fourth-order valence-electron chi connectivity index (χ4n) is 2.69. The molecule has 24 heavy (non-hydrogen) atoms. The third kappa shape index (κ3) is 7.31. The number of nitrogens with one attached hydrogen (secondary N) is 2. The summed E-state index contributed by atoms with van der Waals surface area (Å²) in [5.74, 6) is 1.51. The Hall–Kier alpha value is -1.60. The van der Waals surface area contributed by atoms with E-state index in [1.165, 1.54) is 5.56 Å². The maximum Gasteiger partial charge on any atom is 0.190 e. The fourth-order valence-corrected chi connectivity index (χ4v) is 2.69. The molecule has 1 saturated heterocycles. The minimum Gasteiger partial charge on any atom is -0.381 e. The molecule has 2 heterocycles. The highest BCUT2D eigenvalue weighted by Gasteiger charge is 2.13. The van der Waals surface area contributed by atoms with Crippen LogP contribution in [0.3, 0.4) is 0 Å². The van der Waals surface area contributed by atoms with Gasteiger partial charge in [0.2, 0.25) is 0 Å². The Balaban J connectivity index is 1.47. The van der Waals surface area contributed by atoms with Crippen LogP contribution in [-0.4, -0.2) is 62.3 Å². The first-order valence-corrected chi connectivity index (χ1v) is 8.85. The van der Waals surface area contributed by atoms with Gasteiger partial charge in [-0.05, 0) is 37.2 Å². The van der Waals surface area contributed by atoms with Crippen LogP contribution in [0, 0.1) is 5.92 Å². The summed E-state index contributed by atoms with van der Waals surface area (Å²) < 4.78 is 12.9. The van der Waals surface area contributed by atoms with Crippen molar-refractivity contribution in [2.45, 2.75) is 25.7 Å². The van der Waals surface area contributed by atoms with Gasteiger partial charge in [0.1, 0.15) is 0 Å². The second-order valence-corrected chi connectivity index (χ2v) is 6.18. The maximum atomic E-state index is 5.76. The number of aromatic nitrogens is 2. The van der Waals surface area contributed by atoms with E-state index < -0.39 is 0 Å². The van der Waals surface area contributed by atoms with Crippen LogP contribution >= 0.6 is 0 Å². The van der Waals surface area contributed by atoms with Gasteiger partial charge >= 0.3 is 0 Å². The van der Waals surface area contributed by atoms with Crippen molar-refractivity contribution in [3.8, 4) is 0 Å². The van der Waals surface area contributed by atoms with E-state index in [0.717, 1.165) is 71.2 Å². The van der Waals surface area contributed by atoms with Crippen molar-refractivity contribution in [3.05, 3.63) is 18.0 Å². The van der Waals surface area contributed by atoms with Gasteiger partial charge in [0, 0.05) is 59.8 Å². The van der Waals surface area contributed by atoms with Crippen LogP contribution in [0.1, 0.15) is 24.8 Å². The van der Waals surface area contributed by atoms with Crippen LogP contribution in [0.4, 0.5) is 0 Å². The molecule has 1 aromatic rings. The molecule has 0 bridgehead atoms. The average Bonchev–Trinajstić information content (AvgIpc) is 3.02. The summed E-state index contributed by atoms with van der Waals surface area (Å²) in [4.78, 5) is 4.23. The lowest BCUT2D eigenvalue weighted by molar-refractivity contribution is 0.0203. The molecule has 1 aromatic heterocycles. The zero-order chi connectivity index (χ0) is 17.0. The molecule has 136 valence electrons. The zero-order valence-electron chi connectivity index (χ0n) is 15.0. The SMILES string of the molecule is CN=C(NCCCOCC1CCOCC1)NCCc1cnn(C)c1. The first-order chi connectivity index (χ1) is 11.8. The van der Waals surface area contributed by atoms with E-state index >= 15 is 0 Å². The molecule has 0 aromatic carbocycles. The Kier molecular flexibility index (Phi) is 8.62. The van der Waals surface area contributed by atoms with Gasteiger partial charge in [-0.1, -0.05) is 0 Å². The van der Waals surface area contributed by atoms with E-state index in [1.807, 2.05) is 24.1 Å². The average molecular weight is 337 g/mol. The van der Waals surface area contributed by atoms with E-state index in [9.17, 15) is 0 Å². The molecule has 0 atom stereocenters. The number of aryl methyl sites for hydroxylation is 1. The van der Waals surface area contributed by atoms with Gasteiger partial charge in [0.25, 0.3) is 0 Å². The minimum absolute atomic E-state index is 0.675. The molecule has 0 unspecified atom stereocenters. The van der Waals surface area contributed by atoms with E-state index in [0.29, 0.717) is 5.92 Å². The summed E-state index contributed by atoms with van der Waals surface area (Å²) in [6, 6.07) is 0. The van der Waals surface area contributed by atoms with E-state index in [1.54, 1.807) is 7.05 Å². The largest absolute Gasteiger partial charge is 0.381 e. The van der Waals surface area contributed by atoms with Crippen LogP contribution in [0.25, 0.3) is 0 Å². The van der Waals surface area contributed by atoms with Crippen molar-refractivity contribution in [1.82, 2.24) is 20.4 Å². The third-order valence-electron chi connectivity index (χ3n) is 4.14. The Labute approximate surface area is 144 Å². The standard InChI is InChI=1S/C17H31N5O2/c1-18-17(20-8-4-16-12-21-22(2)13-16)19-7-3-9-24-14-15-5-10-23-11-6-15/h12-13,15H,3-11,14H2,1-2H3,(H2,18,19,20). The van der Waals surface area contributed by atoms with Gasteiger partial charge < -0.3 is 20.1 Å². The molecule has 7 heteroatoms. The highest BCUT2D eigenvalue weighted by Crippen LogP contribution is 2.14. The summed E-state index contributed by atoms with van der Waals surface area (Å²) in [7, 11) is 3.72. The molecule has 1 fully saturated rings. The third-order valence-corrected chi connectivity index (χ3v) is 4.14. The molecule has 0 amide bonds. The predicted octanol–water partition coefficient (Wildman–Crippen LogP) is 0.961. The van der Waals surface area contributed by atoms with Gasteiger partial charge in [-0.25, -0.2) is 0 Å². The Bertz CT molecular complexity index is 483. The van der Waals surface area contributed by atoms with Crippen molar-refractivity contribution in [2.75, 3.05) is 46.6 Å². The lowest BCUT2D eigenvalue weighted by Gasteiger charge is -2.21. The maximum absolute atomic E-state index is 5.76. The van der Waals surface area contributed by atoms with Crippen LogP contribution < -0.4 is 10.6 Å². The molecular weight excluding hydrogens is 306 g/mol. The quantitative estimate of drug-likeness (QED) is 0.399. The lowest BCUT2D eigenvalue weighted by Crippen LogP contribution is -2.39. The number of nitrogens with zero attached hydrogens (tertiary/aromatic N) is 3. The molecule has 0 saturated carbocycles. The van der Waals surface area contributed by atoms with Crippen LogP contribution in [0.2, 0.25) is 0 Å². The normalized spacial score (nSPS) is 16.3. The van der Waals surface area contributed by atoms with Gasteiger partial charge in [0.15, 0.2) is 5.96 Å². The molecule has 2 rings (SSSR count). The Morgan fingerprint density at radius 3 is 2.88 bits per heavy atom. The molecule has 0 radical (unpaired) electrons. The topological polar surface area (TPSA) is 72.7 Å². The van der Waals surface area contributed by atoms with Crippen LogP contribution in [-0.2, 0) is 22.9 Å². The van der Waals surface area contributed by atoms with Gasteiger partial charge in [-0.2, -0.15) is 5.10 Å². The van der Waals surface area contributed by atoms with E-state index in [4.69, 9.17) is 9.47 Å². The minimum atomic E-state index is 0.675. The number of ether oxygens (including phenoxy) is 2. The fraction of sp³-hybridized carbons (Fsp3) is 0.765. The first-order valence-electron chi connectivity index (χ1n) is 8.85. The smallest absolute Gasteiger partial charge is 0.190 e. The lowest BCUT2D eigenvalue weighted by atomic mass is 10.0. The van der Waals surface area contributed by atoms with E-state index in [2.05, 4.69) is 20.7 Å². The number of aliphatic imine (C=N–C) groups is 1. The monoisotopic (exact) mass is 337 g/mol. The summed E-state index contributed by atoms with van der Waals surface area (Å²) in [6.45, 7) is 5.12. The number of guanidine groups is 1. The molecule has 1 aliphatic rings. The molecule has 0 spiro atoms. The van der Waals surface area contributed by atoms with Gasteiger partial charge in [-0.3, -0.25) is 9.67 Å². The Morgan fingerprint density at radius 1 is 1.38 bits per heavy atom. The Morgan fingerprint density at radius 2 is 2.17 bits per heavy atom. The highest BCUT2D eigenvalue weighted by atomic mass is 16.5. The summed E-state index contributed by atoms with van der Waals surface area (Å²) in [5.41, 5.74) is 1.22. The number of rotatable bonds is 9. The predicted molar refractivity (Wildman–Crippen MR) is 95.3 cm³/mol. The van der Waals surface area contributed by atoms with Crippen molar-refractivity contribution in [1.29, 1.82) is 0 Å². The zero-order valence-corrected chi connectivity index (χ0v) is 15.0. The number of hydrogen-bond acceptors (Lipinski definition) is 4. The van der Waals surface area contributed by atoms with Crippen molar-refractivity contribution >= 4 is 5.96 Å². The number of hydrogen-bond donors (Lipinski definition) is 2. The highest BCUT2D eigenvalue weighted by molar-refractivity contribution is 5.79. The van der Waals surface area contributed by atoms with Crippen molar-refractivity contribution < 1.29 is 9.47 Å². The molecule has 0 aliphatic carbocycles. The second kappa shape index (κ2) is 11.0.